The molecule has 0 radical (unpaired) electrons. The van der Waals surface area contributed by atoms with Gasteiger partial charge in [-0.2, -0.15) is 0 Å². The number of hydrogen-bond donors (Lipinski definition) is 1. The Bertz CT molecular complexity index is 158. The molecule has 2 heteroatoms. The molecule has 0 amide bonds. The molecule has 0 aliphatic carbocycles. The van der Waals surface area contributed by atoms with Crippen LogP contribution in [0, 0.1) is 0 Å². The van der Waals surface area contributed by atoms with E-state index in [1.54, 1.807) is 0 Å². The van der Waals surface area contributed by atoms with Gasteiger partial charge in [0.05, 0.1) is 0 Å². The summed E-state index contributed by atoms with van der Waals surface area (Å²) in [6.45, 7) is 2.96. The maximum Gasteiger partial charge on any atom is 0.0472 e. The van der Waals surface area contributed by atoms with Crippen molar-refractivity contribution in [1.29, 1.82) is 0 Å². The third-order valence-corrected chi connectivity index (χ3v) is 1.61. The summed E-state index contributed by atoms with van der Waals surface area (Å²) in [6.07, 6.45) is 4.16. The molecule has 1 aliphatic rings. The molecule has 50 valence electrons. The van der Waals surface area contributed by atoms with Crippen molar-refractivity contribution in [3.63, 3.8) is 0 Å². The van der Waals surface area contributed by atoms with E-state index in [-0.39, 0.29) is 0 Å². The lowest BCUT2D eigenvalue weighted by Gasteiger charge is -2.10. The monoisotopic (exact) mass is 143 g/mol. The lowest BCUT2D eigenvalue weighted by atomic mass is 10.2. The molecule has 0 fully saturated rings. The highest BCUT2D eigenvalue weighted by Gasteiger charge is 1.97. The molecule has 0 saturated heterocycles. The number of hydrogen-bond acceptors (Lipinski definition) is 1. The van der Waals surface area contributed by atoms with E-state index >= 15 is 0 Å². The van der Waals surface area contributed by atoms with Gasteiger partial charge in [0.2, 0.25) is 0 Å². The molecule has 0 aromatic heterocycles. The summed E-state index contributed by atoms with van der Waals surface area (Å²) in [4.78, 5) is 0. The third-order valence-electron chi connectivity index (χ3n) is 1.30. The van der Waals surface area contributed by atoms with Gasteiger partial charge in [-0.05, 0) is 18.6 Å². The normalized spacial score (nSPS) is 18.0. The summed E-state index contributed by atoms with van der Waals surface area (Å²) in [5.74, 6) is 0.624. The Balaban J connectivity index is 2.63. The van der Waals surface area contributed by atoms with E-state index in [0.29, 0.717) is 5.88 Å². The molecule has 0 aromatic rings. The molecule has 0 saturated carbocycles. The minimum atomic E-state index is 0.624. The van der Waals surface area contributed by atoms with Crippen molar-refractivity contribution in [3.05, 3.63) is 23.4 Å². The number of halogens is 1. The quantitative estimate of drug-likeness (QED) is 0.551. The second-order valence-electron chi connectivity index (χ2n) is 2.12. The summed E-state index contributed by atoms with van der Waals surface area (Å²) < 4.78 is 0. The van der Waals surface area contributed by atoms with Crippen LogP contribution >= 0.6 is 11.6 Å². The highest BCUT2D eigenvalue weighted by atomic mass is 35.5. The Morgan fingerprint density at radius 3 is 3.00 bits per heavy atom. The van der Waals surface area contributed by atoms with E-state index in [1.807, 2.05) is 6.92 Å². The maximum absolute atomic E-state index is 5.60. The Morgan fingerprint density at radius 1 is 1.78 bits per heavy atom. The lowest BCUT2D eigenvalue weighted by Crippen LogP contribution is -2.15. The summed E-state index contributed by atoms with van der Waals surface area (Å²) in [5, 5.41) is 3.17. The predicted molar refractivity (Wildman–Crippen MR) is 40.6 cm³/mol. The summed E-state index contributed by atoms with van der Waals surface area (Å²) in [7, 11) is 0. The zero-order chi connectivity index (χ0) is 6.69. The van der Waals surface area contributed by atoms with Gasteiger partial charge in [-0.25, -0.2) is 0 Å². The van der Waals surface area contributed by atoms with E-state index in [1.165, 1.54) is 11.3 Å². The molecule has 9 heavy (non-hydrogen) atoms. The van der Waals surface area contributed by atoms with Crippen molar-refractivity contribution in [2.75, 3.05) is 12.4 Å². The van der Waals surface area contributed by atoms with Gasteiger partial charge >= 0.3 is 0 Å². The summed E-state index contributed by atoms with van der Waals surface area (Å²) >= 11 is 5.60. The zero-order valence-corrected chi connectivity index (χ0v) is 6.20. The average molecular weight is 144 g/mol. The van der Waals surface area contributed by atoms with Crippen molar-refractivity contribution in [1.82, 2.24) is 5.32 Å². The van der Waals surface area contributed by atoms with E-state index in [9.17, 15) is 0 Å². The van der Waals surface area contributed by atoms with Crippen LogP contribution in [-0.2, 0) is 0 Å². The fourth-order valence-corrected chi connectivity index (χ4v) is 1.01. The molecule has 0 bridgehead atoms. The van der Waals surface area contributed by atoms with Gasteiger partial charge in [0, 0.05) is 18.1 Å². The Morgan fingerprint density at radius 2 is 2.56 bits per heavy atom. The first-order valence-corrected chi connectivity index (χ1v) is 3.53. The van der Waals surface area contributed by atoms with Gasteiger partial charge < -0.3 is 5.32 Å². The third kappa shape index (κ3) is 1.75. The fraction of sp³-hybridized carbons (Fsp3) is 0.429. The van der Waals surface area contributed by atoms with E-state index in [0.717, 1.165) is 6.54 Å². The van der Waals surface area contributed by atoms with Crippen LogP contribution in [0.25, 0.3) is 0 Å². The first kappa shape index (κ1) is 6.69. The van der Waals surface area contributed by atoms with Gasteiger partial charge in [0.15, 0.2) is 0 Å². The molecule has 0 spiro atoms. The van der Waals surface area contributed by atoms with E-state index in [2.05, 4.69) is 17.5 Å². The van der Waals surface area contributed by atoms with Crippen molar-refractivity contribution in [2.45, 2.75) is 6.92 Å². The van der Waals surface area contributed by atoms with Gasteiger partial charge in [-0.15, -0.1) is 11.6 Å². The number of dihydropyridines is 1. The molecular formula is C7H10ClN. The zero-order valence-electron chi connectivity index (χ0n) is 5.45. The molecule has 0 aromatic carbocycles. The van der Waals surface area contributed by atoms with Gasteiger partial charge in [0.25, 0.3) is 0 Å². The van der Waals surface area contributed by atoms with Crippen LogP contribution < -0.4 is 5.32 Å². The first-order chi connectivity index (χ1) is 4.33. The van der Waals surface area contributed by atoms with Crippen molar-refractivity contribution in [2.24, 2.45) is 0 Å². The van der Waals surface area contributed by atoms with Crippen molar-refractivity contribution >= 4 is 11.6 Å². The highest BCUT2D eigenvalue weighted by molar-refractivity contribution is 6.19. The standard InChI is InChI=1S/C7H10ClN/c1-6-4-7(5-8)2-3-9-6/h2,4,9H,3,5H2,1H3. The van der Waals surface area contributed by atoms with Gasteiger partial charge in [-0.3, -0.25) is 0 Å². The second-order valence-corrected chi connectivity index (χ2v) is 2.39. The van der Waals surface area contributed by atoms with E-state index in [4.69, 9.17) is 11.6 Å². The summed E-state index contributed by atoms with van der Waals surface area (Å²) in [5.41, 5.74) is 2.42. The van der Waals surface area contributed by atoms with Gasteiger partial charge in [0.1, 0.15) is 0 Å². The Labute approximate surface area is 60.4 Å². The van der Waals surface area contributed by atoms with Crippen LogP contribution in [0.5, 0.6) is 0 Å². The Kier molecular flexibility index (Phi) is 2.17. The van der Waals surface area contributed by atoms with Crippen LogP contribution in [0.15, 0.2) is 23.4 Å². The predicted octanol–water partition coefficient (Wildman–Crippen LogP) is 1.66. The molecule has 1 rings (SSSR count). The Hall–Kier alpha value is -0.430. The SMILES string of the molecule is CC1=CC(CCl)=CCN1. The lowest BCUT2D eigenvalue weighted by molar-refractivity contribution is 0.880. The molecule has 1 N–H and O–H groups in total. The fourth-order valence-electron chi connectivity index (χ4n) is 0.824. The van der Waals surface area contributed by atoms with Crippen molar-refractivity contribution in [3.8, 4) is 0 Å². The largest absolute Gasteiger partial charge is 0.385 e. The molecular weight excluding hydrogens is 134 g/mol. The summed E-state index contributed by atoms with van der Waals surface area (Å²) in [6, 6.07) is 0. The van der Waals surface area contributed by atoms with Crippen LogP contribution in [0.4, 0.5) is 0 Å². The molecule has 0 unspecified atom stereocenters. The smallest absolute Gasteiger partial charge is 0.0472 e. The van der Waals surface area contributed by atoms with Crippen LogP contribution in [0.1, 0.15) is 6.92 Å². The van der Waals surface area contributed by atoms with Crippen molar-refractivity contribution < 1.29 is 0 Å². The van der Waals surface area contributed by atoms with Crippen LogP contribution in [0.2, 0.25) is 0 Å². The average Bonchev–Trinajstić information content (AvgIpc) is 1.88. The minimum absolute atomic E-state index is 0.624. The van der Waals surface area contributed by atoms with Gasteiger partial charge in [-0.1, -0.05) is 6.08 Å². The topological polar surface area (TPSA) is 12.0 Å². The minimum Gasteiger partial charge on any atom is -0.385 e. The van der Waals surface area contributed by atoms with E-state index < -0.39 is 0 Å². The molecule has 1 aliphatic heterocycles. The first-order valence-electron chi connectivity index (χ1n) is 3.00. The number of alkyl halides is 1. The number of allylic oxidation sites excluding steroid dienone is 3. The van der Waals surface area contributed by atoms with Crippen LogP contribution in [-0.4, -0.2) is 12.4 Å². The van der Waals surface area contributed by atoms with Crippen LogP contribution in [0.3, 0.4) is 0 Å². The second kappa shape index (κ2) is 2.92. The number of rotatable bonds is 1. The highest BCUT2D eigenvalue weighted by Crippen LogP contribution is 2.06. The maximum atomic E-state index is 5.60. The number of nitrogens with one attached hydrogen (secondary N) is 1. The molecule has 1 heterocycles. The molecule has 0 atom stereocenters. The molecule has 1 nitrogen and oxygen atoms in total.